The van der Waals surface area contributed by atoms with Gasteiger partial charge in [-0.1, -0.05) is 26.2 Å². The number of carbonyl (C=O) groups excluding carboxylic acids is 1. The second-order valence-corrected chi connectivity index (χ2v) is 4.96. The summed E-state index contributed by atoms with van der Waals surface area (Å²) in [4.78, 5) is 13.9. The number of unbranched alkanes of at least 4 members (excludes halogenated alkanes) is 1. The molecular formula is C13H26N2O. The third-order valence-corrected chi connectivity index (χ3v) is 3.33. The van der Waals surface area contributed by atoms with Crippen LogP contribution in [0.1, 0.15) is 51.9 Å². The molecule has 1 amide bonds. The predicted molar refractivity (Wildman–Crippen MR) is 67.4 cm³/mol. The SMILES string of the molecule is CCCCN(C)CCC(=O)NC1CCCC1. The number of rotatable bonds is 7. The van der Waals surface area contributed by atoms with Crippen LogP contribution in [-0.2, 0) is 4.79 Å². The number of nitrogens with one attached hydrogen (secondary N) is 1. The number of hydrogen-bond donors (Lipinski definition) is 1. The zero-order valence-corrected chi connectivity index (χ0v) is 10.8. The van der Waals surface area contributed by atoms with E-state index >= 15 is 0 Å². The van der Waals surface area contributed by atoms with Gasteiger partial charge >= 0.3 is 0 Å². The van der Waals surface area contributed by atoms with Gasteiger partial charge in [-0.2, -0.15) is 0 Å². The van der Waals surface area contributed by atoms with E-state index < -0.39 is 0 Å². The maximum absolute atomic E-state index is 11.6. The molecule has 0 radical (unpaired) electrons. The third kappa shape index (κ3) is 5.50. The Kier molecular flexibility index (Phi) is 6.46. The first-order chi connectivity index (χ1) is 7.72. The summed E-state index contributed by atoms with van der Waals surface area (Å²) in [7, 11) is 2.10. The molecule has 94 valence electrons. The molecule has 0 aromatic rings. The molecule has 0 unspecified atom stereocenters. The van der Waals surface area contributed by atoms with Crippen LogP contribution in [-0.4, -0.2) is 37.0 Å². The lowest BCUT2D eigenvalue weighted by Crippen LogP contribution is -2.35. The van der Waals surface area contributed by atoms with Crippen molar-refractivity contribution in [1.82, 2.24) is 10.2 Å². The molecule has 16 heavy (non-hydrogen) atoms. The molecule has 0 saturated heterocycles. The van der Waals surface area contributed by atoms with Gasteiger partial charge in [0.25, 0.3) is 0 Å². The largest absolute Gasteiger partial charge is 0.353 e. The van der Waals surface area contributed by atoms with Gasteiger partial charge in [0.1, 0.15) is 0 Å². The second-order valence-electron chi connectivity index (χ2n) is 4.96. The lowest BCUT2D eigenvalue weighted by Gasteiger charge is -2.17. The highest BCUT2D eigenvalue weighted by Gasteiger charge is 2.16. The van der Waals surface area contributed by atoms with Crippen molar-refractivity contribution < 1.29 is 4.79 Å². The van der Waals surface area contributed by atoms with Gasteiger partial charge in [-0.15, -0.1) is 0 Å². The molecule has 0 bridgehead atoms. The van der Waals surface area contributed by atoms with Crippen molar-refractivity contribution in [3.8, 4) is 0 Å². The highest BCUT2D eigenvalue weighted by molar-refractivity contribution is 5.76. The smallest absolute Gasteiger partial charge is 0.221 e. The topological polar surface area (TPSA) is 32.3 Å². The molecule has 0 heterocycles. The van der Waals surface area contributed by atoms with Crippen LogP contribution in [0.15, 0.2) is 0 Å². The van der Waals surface area contributed by atoms with Crippen molar-refractivity contribution in [2.75, 3.05) is 20.1 Å². The predicted octanol–water partition coefficient (Wildman–Crippen LogP) is 2.17. The second kappa shape index (κ2) is 7.66. The van der Waals surface area contributed by atoms with Crippen LogP contribution in [0, 0.1) is 0 Å². The molecule has 3 nitrogen and oxygen atoms in total. The molecule has 0 spiro atoms. The maximum atomic E-state index is 11.6. The fraction of sp³-hybridized carbons (Fsp3) is 0.923. The van der Waals surface area contributed by atoms with Gasteiger partial charge < -0.3 is 10.2 Å². The van der Waals surface area contributed by atoms with E-state index in [9.17, 15) is 4.79 Å². The minimum Gasteiger partial charge on any atom is -0.353 e. The highest BCUT2D eigenvalue weighted by atomic mass is 16.1. The fourth-order valence-corrected chi connectivity index (χ4v) is 2.20. The summed E-state index contributed by atoms with van der Waals surface area (Å²) in [5.74, 6) is 0.232. The van der Waals surface area contributed by atoms with Gasteiger partial charge in [-0.3, -0.25) is 4.79 Å². The Bertz CT molecular complexity index is 200. The summed E-state index contributed by atoms with van der Waals surface area (Å²) in [5.41, 5.74) is 0. The lowest BCUT2D eigenvalue weighted by atomic mass is 10.2. The molecule has 0 aromatic carbocycles. The van der Waals surface area contributed by atoms with E-state index in [1.54, 1.807) is 0 Å². The molecule has 0 aliphatic heterocycles. The number of amides is 1. The monoisotopic (exact) mass is 226 g/mol. The zero-order chi connectivity index (χ0) is 11.8. The molecular weight excluding hydrogens is 200 g/mol. The van der Waals surface area contributed by atoms with Gasteiger partial charge in [0.05, 0.1) is 0 Å². The lowest BCUT2D eigenvalue weighted by molar-refractivity contribution is -0.122. The number of hydrogen-bond acceptors (Lipinski definition) is 2. The van der Waals surface area contributed by atoms with Crippen molar-refractivity contribution >= 4 is 5.91 Å². The fourth-order valence-electron chi connectivity index (χ4n) is 2.20. The van der Waals surface area contributed by atoms with Crippen LogP contribution in [0.2, 0.25) is 0 Å². The number of carbonyl (C=O) groups is 1. The van der Waals surface area contributed by atoms with Crippen molar-refractivity contribution in [3.05, 3.63) is 0 Å². The van der Waals surface area contributed by atoms with Crippen molar-refractivity contribution in [2.45, 2.75) is 57.9 Å². The molecule has 1 rings (SSSR count). The van der Waals surface area contributed by atoms with E-state index in [1.807, 2.05) is 0 Å². The molecule has 0 atom stereocenters. The van der Waals surface area contributed by atoms with Gasteiger partial charge in [-0.25, -0.2) is 0 Å². The van der Waals surface area contributed by atoms with Crippen LogP contribution in [0.5, 0.6) is 0 Å². The van der Waals surface area contributed by atoms with E-state index in [0.29, 0.717) is 12.5 Å². The van der Waals surface area contributed by atoms with Crippen molar-refractivity contribution in [2.24, 2.45) is 0 Å². The number of nitrogens with zero attached hydrogens (tertiary/aromatic N) is 1. The van der Waals surface area contributed by atoms with E-state index in [1.165, 1.54) is 38.5 Å². The Labute approximate surface area is 99.6 Å². The van der Waals surface area contributed by atoms with Crippen LogP contribution in [0.25, 0.3) is 0 Å². The summed E-state index contributed by atoms with van der Waals surface area (Å²) < 4.78 is 0. The van der Waals surface area contributed by atoms with Crippen molar-refractivity contribution in [3.63, 3.8) is 0 Å². The molecule has 1 aliphatic carbocycles. The summed E-state index contributed by atoms with van der Waals surface area (Å²) in [6.07, 6.45) is 8.01. The van der Waals surface area contributed by atoms with Gasteiger partial charge in [0.2, 0.25) is 5.91 Å². The Morgan fingerprint density at radius 3 is 2.62 bits per heavy atom. The van der Waals surface area contributed by atoms with Crippen LogP contribution < -0.4 is 5.32 Å². The Balaban J connectivity index is 2.04. The average Bonchev–Trinajstić information content (AvgIpc) is 2.76. The molecule has 1 fully saturated rings. The van der Waals surface area contributed by atoms with E-state index in [-0.39, 0.29) is 5.91 Å². The van der Waals surface area contributed by atoms with Gasteiger partial charge in [0.15, 0.2) is 0 Å². The average molecular weight is 226 g/mol. The molecule has 1 saturated carbocycles. The Morgan fingerprint density at radius 1 is 1.31 bits per heavy atom. The summed E-state index contributed by atoms with van der Waals surface area (Å²) in [6.45, 7) is 4.19. The summed E-state index contributed by atoms with van der Waals surface area (Å²) >= 11 is 0. The van der Waals surface area contributed by atoms with Crippen molar-refractivity contribution in [1.29, 1.82) is 0 Å². The third-order valence-electron chi connectivity index (χ3n) is 3.33. The minimum absolute atomic E-state index is 0.232. The summed E-state index contributed by atoms with van der Waals surface area (Å²) in [6, 6.07) is 0.466. The molecule has 1 N–H and O–H groups in total. The van der Waals surface area contributed by atoms with Gasteiger partial charge in [0, 0.05) is 19.0 Å². The first kappa shape index (κ1) is 13.5. The van der Waals surface area contributed by atoms with Crippen LogP contribution in [0.4, 0.5) is 0 Å². The van der Waals surface area contributed by atoms with E-state index in [4.69, 9.17) is 0 Å². The minimum atomic E-state index is 0.232. The Hall–Kier alpha value is -0.570. The summed E-state index contributed by atoms with van der Waals surface area (Å²) in [5, 5.41) is 3.12. The quantitative estimate of drug-likeness (QED) is 0.721. The molecule has 3 heteroatoms. The molecule has 1 aliphatic rings. The first-order valence-electron chi connectivity index (χ1n) is 6.70. The highest BCUT2D eigenvalue weighted by Crippen LogP contribution is 2.17. The van der Waals surface area contributed by atoms with Crippen LogP contribution in [0.3, 0.4) is 0 Å². The zero-order valence-electron chi connectivity index (χ0n) is 10.8. The standard InChI is InChI=1S/C13H26N2O/c1-3-4-10-15(2)11-9-13(16)14-12-7-5-6-8-12/h12H,3-11H2,1-2H3,(H,14,16). The maximum Gasteiger partial charge on any atom is 0.221 e. The normalized spacial score (nSPS) is 16.9. The van der Waals surface area contributed by atoms with E-state index in [2.05, 4.69) is 24.2 Å². The van der Waals surface area contributed by atoms with Gasteiger partial charge in [-0.05, 0) is 32.9 Å². The first-order valence-corrected chi connectivity index (χ1v) is 6.70. The molecule has 0 aromatic heterocycles. The van der Waals surface area contributed by atoms with E-state index in [0.717, 1.165) is 13.1 Å². The Morgan fingerprint density at radius 2 is 2.00 bits per heavy atom. The van der Waals surface area contributed by atoms with Crippen LogP contribution >= 0.6 is 0 Å².